The van der Waals surface area contributed by atoms with Crippen LogP contribution in [0.4, 0.5) is 5.69 Å². The Morgan fingerprint density at radius 3 is 2.32 bits per heavy atom. The molecule has 0 aliphatic carbocycles. The van der Waals surface area contributed by atoms with Crippen molar-refractivity contribution in [2.75, 3.05) is 18.9 Å². The average molecular weight is 421 g/mol. The number of hydrogen-bond donors (Lipinski definition) is 1. The molecule has 0 unspecified atom stereocenters. The van der Waals surface area contributed by atoms with Gasteiger partial charge in [0.05, 0.1) is 17.6 Å². The second-order valence-corrected chi connectivity index (χ2v) is 7.93. The summed E-state index contributed by atoms with van der Waals surface area (Å²) in [7, 11) is 1.59. The number of amides is 2. The van der Waals surface area contributed by atoms with Crippen LogP contribution in [0.5, 0.6) is 0 Å². The van der Waals surface area contributed by atoms with Gasteiger partial charge in [0.25, 0.3) is 11.5 Å². The van der Waals surface area contributed by atoms with Crippen molar-refractivity contribution in [1.29, 1.82) is 0 Å². The van der Waals surface area contributed by atoms with Crippen LogP contribution in [0.3, 0.4) is 0 Å². The zero-order chi connectivity index (χ0) is 22.9. The molecule has 1 aromatic heterocycles. The van der Waals surface area contributed by atoms with Gasteiger partial charge in [-0.15, -0.1) is 0 Å². The first kappa shape index (κ1) is 22.2. The number of rotatable bonds is 5. The van der Waals surface area contributed by atoms with Crippen LogP contribution >= 0.6 is 0 Å². The molecule has 0 aliphatic rings. The van der Waals surface area contributed by atoms with Gasteiger partial charge in [0, 0.05) is 24.8 Å². The zero-order valence-corrected chi connectivity index (χ0v) is 18.9. The van der Waals surface area contributed by atoms with E-state index in [0.717, 1.165) is 22.4 Å². The topological polar surface area (TPSA) is 84.3 Å². The lowest BCUT2D eigenvalue weighted by molar-refractivity contribution is -0.116. The minimum absolute atomic E-state index is 0.0788. The number of nitrogens with one attached hydrogen (secondary N) is 1. The molecule has 0 bridgehead atoms. The summed E-state index contributed by atoms with van der Waals surface area (Å²) in [6.07, 6.45) is 0. The molecule has 7 heteroatoms. The van der Waals surface area contributed by atoms with Gasteiger partial charge in [0.1, 0.15) is 5.69 Å². The number of hydrogen-bond acceptors (Lipinski definition) is 4. The number of fused-ring (bicyclic) bond motifs is 1. The Labute approximate surface area is 181 Å². The molecule has 31 heavy (non-hydrogen) atoms. The molecular formula is C24H28N4O3. The summed E-state index contributed by atoms with van der Waals surface area (Å²) in [5.74, 6) is -0.552. The summed E-state index contributed by atoms with van der Waals surface area (Å²) in [5, 5.41) is 2.92. The fraction of sp³-hybridized carbons (Fsp3) is 0.333. The predicted molar refractivity (Wildman–Crippen MR) is 123 cm³/mol. The number of carbonyl (C=O) groups excluding carboxylic acids is 2. The van der Waals surface area contributed by atoms with Crippen molar-refractivity contribution in [3.05, 3.63) is 68.6 Å². The van der Waals surface area contributed by atoms with E-state index in [2.05, 4.69) is 10.3 Å². The third-order valence-corrected chi connectivity index (χ3v) is 5.34. The highest BCUT2D eigenvalue weighted by molar-refractivity contribution is 6.01. The molecule has 0 saturated heterocycles. The zero-order valence-electron chi connectivity index (χ0n) is 18.9. The number of nitrogens with zero attached hydrogens (tertiary/aromatic N) is 3. The van der Waals surface area contributed by atoms with Crippen molar-refractivity contribution in [2.45, 2.75) is 41.2 Å². The molecule has 0 fully saturated rings. The molecule has 0 aliphatic heterocycles. The van der Waals surface area contributed by atoms with Crippen LogP contribution in [-0.4, -0.2) is 39.9 Å². The van der Waals surface area contributed by atoms with Gasteiger partial charge in [-0.3, -0.25) is 14.4 Å². The van der Waals surface area contributed by atoms with Gasteiger partial charge < -0.3 is 14.8 Å². The van der Waals surface area contributed by atoms with Gasteiger partial charge in [-0.2, -0.15) is 0 Å². The highest BCUT2D eigenvalue weighted by Gasteiger charge is 2.18. The monoisotopic (exact) mass is 420 g/mol. The first-order valence-electron chi connectivity index (χ1n) is 10.3. The van der Waals surface area contributed by atoms with Crippen molar-refractivity contribution in [3.8, 4) is 0 Å². The lowest BCUT2D eigenvalue weighted by Crippen LogP contribution is -2.35. The van der Waals surface area contributed by atoms with Crippen LogP contribution in [0, 0.1) is 27.7 Å². The first-order valence-corrected chi connectivity index (χ1v) is 10.3. The van der Waals surface area contributed by atoms with Gasteiger partial charge in [0.2, 0.25) is 5.91 Å². The molecule has 1 N–H and O–H groups in total. The quantitative estimate of drug-likeness (QED) is 0.686. The standard InChI is InChI=1S/C24H28N4O3/c1-7-28-20-9-8-18(12-19(20)25-17(5)23(28)30)24(31)27(6)13-21(29)26-22-15(3)10-14(2)11-16(22)4/h8-12H,7,13H2,1-6H3,(H,26,29). The number of likely N-dealkylation sites (N-methyl/N-ethyl adjacent to an activating group) is 1. The van der Waals surface area contributed by atoms with Crippen LogP contribution in [0.1, 0.15) is 39.7 Å². The Kier molecular flexibility index (Phi) is 6.24. The Morgan fingerprint density at radius 1 is 1.06 bits per heavy atom. The van der Waals surface area contributed by atoms with Crippen molar-refractivity contribution >= 4 is 28.5 Å². The van der Waals surface area contributed by atoms with E-state index in [0.29, 0.717) is 28.8 Å². The van der Waals surface area contributed by atoms with Crippen molar-refractivity contribution in [2.24, 2.45) is 0 Å². The van der Waals surface area contributed by atoms with E-state index >= 15 is 0 Å². The number of benzene rings is 2. The van der Waals surface area contributed by atoms with E-state index in [9.17, 15) is 14.4 Å². The van der Waals surface area contributed by atoms with Gasteiger partial charge >= 0.3 is 0 Å². The van der Waals surface area contributed by atoms with Gasteiger partial charge in [0.15, 0.2) is 0 Å². The maximum absolute atomic E-state index is 12.9. The smallest absolute Gasteiger partial charge is 0.272 e. The third-order valence-electron chi connectivity index (χ3n) is 5.34. The van der Waals surface area contributed by atoms with Crippen molar-refractivity contribution in [3.63, 3.8) is 0 Å². The lowest BCUT2D eigenvalue weighted by atomic mass is 10.1. The molecule has 162 valence electrons. The van der Waals surface area contributed by atoms with Crippen molar-refractivity contribution in [1.82, 2.24) is 14.5 Å². The Morgan fingerprint density at radius 2 is 1.71 bits per heavy atom. The number of aryl methyl sites for hydroxylation is 5. The minimum atomic E-state index is -0.289. The van der Waals surface area contributed by atoms with Gasteiger partial charge in [-0.25, -0.2) is 4.98 Å². The van der Waals surface area contributed by atoms with E-state index in [1.807, 2.05) is 39.8 Å². The van der Waals surface area contributed by atoms with Crippen molar-refractivity contribution < 1.29 is 9.59 Å². The predicted octanol–water partition coefficient (Wildman–Crippen LogP) is 3.36. The molecular weight excluding hydrogens is 392 g/mol. The molecule has 2 amide bonds. The Hall–Kier alpha value is -3.48. The van der Waals surface area contributed by atoms with Crippen LogP contribution in [0.25, 0.3) is 11.0 Å². The SMILES string of the molecule is CCn1c(=O)c(C)nc2cc(C(=O)N(C)CC(=O)Nc3c(C)cc(C)cc3C)ccc21. The summed E-state index contributed by atoms with van der Waals surface area (Å²) in [6, 6.07) is 9.08. The number of anilines is 1. The lowest BCUT2D eigenvalue weighted by Gasteiger charge is -2.19. The fourth-order valence-electron chi connectivity index (χ4n) is 3.89. The fourth-order valence-corrected chi connectivity index (χ4v) is 3.89. The van der Waals surface area contributed by atoms with E-state index in [1.165, 1.54) is 4.90 Å². The van der Waals surface area contributed by atoms with Gasteiger partial charge in [-0.05, 0) is 63.9 Å². The molecule has 1 heterocycles. The van der Waals surface area contributed by atoms with Crippen LogP contribution < -0.4 is 10.9 Å². The summed E-state index contributed by atoms with van der Waals surface area (Å²) >= 11 is 0. The molecule has 0 spiro atoms. The maximum atomic E-state index is 12.9. The number of aromatic nitrogens is 2. The average Bonchev–Trinajstić information content (AvgIpc) is 2.70. The summed E-state index contributed by atoms with van der Waals surface area (Å²) in [6.45, 7) is 9.90. The number of carbonyl (C=O) groups is 2. The molecule has 2 aromatic carbocycles. The molecule has 0 saturated carbocycles. The first-order chi connectivity index (χ1) is 14.6. The van der Waals surface area contributed by atoms with E-state index in [4.69, 9.17) is 0 Å². The third kappa shape index (κ3) is 4.50. The van der Waals surface area contributed by atoms with E-state index in [1.54, 1.807) is 36.7 Å². The second kappa shape index (κ2) is 8.71. The van der Waals surface area contributed by atoms with E-state index in [-0.39, 0.29) is 23.9 Å². The van der Waals surface area contributed by atoms with Crippen LogP contribution in [0.2, 0.25) is 0 Å². The molecule has 3 rings (SSSR count). The molecule has 3 aromatic rings. The molecule has 0 radical (unpaired) electrons. The van der Waals surface area contributed by atoms with Gasteiger partial charge in [-0.1, -0.05) is 17.7 Å². The Balaban J connectivity index is 1.80. The summed E-state index contributed by atoms with van der Waals surface area (Å²) in [5.41, 5.74) is 5.80. The highest BCUT2D eigenvalue weighted by Crippen LogP contribution is 2.22. The summed E-state index contributed by atoms with van der Waals surface area (Å²) < 4.78 is 1.63. The van der Waals surface area contributed by atoms with Crippen LogP contribution in [0.15, 0.2) is 35.1 Å². The second-order valence-electron chi connectivity index (χ2n) is 7.93. The normalized spacial score (nSPS) is 10.9. The molecule has 7 nitrogen and oxygen atoms in total. The summed E-state index contributed by atoms with van der Waals surface area (Å²) in [4.78, 5) is 43.5. The minimum Gasteiger partial charge on any atom is -0.332 e. The maximum Gasteiger partial charge on any atom is 0.272 e. The molecule has 0 atom stereocenters. The van der Waals surface area contributed by atoms with E-state index < -0.39 is 0 Å². The Bertz CT molecular complexity index is 1220. The van der Waals surface area contributed by atoms with Crippen LogP contribution in [-0.2, 0) is 11.3 Å². The highest BCUT2D eigenvalue weighted by atomic mass is 16.2. The largest absolute Gasteiger partial charge is 0.332 e.